The van der Waals surface area contributed by atoms with E-state index in [2.05, 4.69) is 0 Å². The Morgan fingerprint density at radius 3 is 2.20 bits per heavy atom. The van der Waals surface area contributed by atoms with Gasteiger partial charge in [0.2, 0.25) is 0 Å². The number of benzene rings is 2. The third-order valence-electron chi connectivity index (χ3n) is 3.14. The maximum Gasteiger partial charge on any atom is 0.311 e. The zero-order valence-corrected chi connectivity index (χ0v) is 10.7. The molecule has 0 aliphatic rings. The molecule has 2 rings (SSSR count). The standard InChI is InChI=1S/C15H15NO4/c17-15(18)14(12-4-2-1-3-5-12)10-11-6-8-13(9-7-11)16(19)20/h1-9,14,16,19H,10H2,(H,17,18)/t14-/m1/s1. The average Bonchev–Trinajstić information content (AvgIpc) is 2.46. The van der Waals surface area contributed by atoms with Gasteiger partial charge >= 0.3 is 5.97 Å². The fraction of sp³-hybridized carbons (Fsp3) is 0.133. The van der Waals surface area contributed by atoms with E-state index >= 15 is 0 Å². The summed E-state index contributed by atoms with van der Waals surface area (Å²) in [6.45, 7) is 0. The van der Waals surface area contributed by atoms with E-state index in [0.717, 1.165) is 11.1 Å². The molecule has 0 amide bonds. The molecule has 0 heterocycles. The van der Waals surface area contributed by atoms with E-state index in [0.29, 0.717) is 6.42 Å². The fourth-order valence-corrected chi connectivity index (χ4v) is 2.05. The van der Waals surface area contributed by atoms with Gasteiger partial charge in [-0.25, -0.2) is 5.21 Å². The minimum absolute atomic E-state index is 0.195. The summed E-state index contributed by atoms with van der Waals surface area (Å²) < 4.78 is 0. The Balaban J connectivity index is 2.19. The van der Waals surface area contributed by atoms with Crippen LogP contribution in [-0.2, 0) is 11.2 Å². The number of hydrogen-bond acceptors (Lipinski definition) is 3. The lowest BCUT2D eigenvalue weighted by Crippen LogP contribution is -2.99. The molecule has 3 N–H and O–H groups in total. The molecule has 5 heteroatoms. The van der Waals surface area contributed by atoms with Gasteiger partial charge in [0.1, 0.15) is 0 Å². The normalized spacial score (nSPS) is 13.7. The summed E-state index contributed by atoms with van der Waals surface area (Å²) in [4.78, 5) is 11.4. The summed E-state index contributed by atoms with van der Waals surface area (Å²) in [6.07, 6.45) is 0.333. The average molecular weight is 273 g/mol. The van der Waals surface area contributed by atoms with Crippen molar-refractivity contribution >= 4 is 11.7 Å². The first-order chi connectivity index (χ1) is 9.58. The van der Waals surface area contributed by atoms with Crippen LogP contribution in [0.1, 0.15) is 17.0 Å². The number of hydrogen-bond donors (Lipinski definition) is 3. The van der Waals surface area contributed by atoms with Crippen LogP contribution in [0.2, 0.25) is 0 Å². The molecule has 0 aliphatic heterocycles. The SMILES string of the molecule is O=C(O)[C@H](Cc1ccc([NH+]([O-])O)cc1)c1ccccc1. The van der Waals surface area contributed by atoms with Gasteiger partial charge in [0.25, 0.3) is 0 Å². The molecule has 0 aliphatic carbocycles. The van der Waals surface area contributed by atoms with Gasteiger partial charge in [0.15, 0.2) is 5.69 Å². The van der Waals surface area contributed by atoms with Crippen molar-refractivity contribution in [2.45, 2.75) is 12.3 Å². The van der Waals surface area contributed by atoms with Crippen molar-refractivity contribution < 1.29 is 20.3 Å². The number of rotatable bonds is 5. The van der Waals surface area contributed by atoms with Crippen molar-refractivity contribution in [1.29, 1.82) is 0 Å². The number of carboxylic acid groups (broad SMARTS) is 1. The van der Waals surface area contributed by atoms with Gasteiger partial charge in [-0.05, 0) is 17.5 Å². The van der Waals surface area contributed by atoms with Crippen LogP contribution in [0.4, 0.5) is 5.69 Å². The Hall–Kier alpha value is -2.21. The molecule has 0 aromatic heterocycles. The van der Waals surface area contributed by atoms with Crippen molar-refractivity contribution in [3.63, 3.8) is 0 Å². The lowest BCUT2D eigenvalue weighted by molar-refractivity contribution is -0.991. The van der Waals surface area contributed by atoms with Crippen molar-refractivity contribution in [1.82, 2.24) is 0 Å². The molecule has 2 aromatic carbocycles. The Labute approximate surface area is 116 Å². The van der Waals surface area contributed by atoms with Gasteiger partial charge < -0.3 is 10.3 Å². The summed E-state index contributed by atoms with van der Waals surface area (Å²) in [5, 5.41) is 27.9. The molecule has 2 atom stereocenters. The molecular formula is C15H15NO4. The minimum Gasteiger partial charge on any atom is -0.595 e. The largest absolute Gasteiger partial charge is 0.595 e. The van der Waals surface area contributed by atoms with Gasteiger partial charge in [-0.1, -0.05) is 42.5 Å². The lowest BCUT2D eigenvalue weighted by Gasteiger charge is -2.14. The number of nitrogens with one attached hydrogen (secondary N) is 1. The van der Waals surface area contributed by atoms with Gasteiger partial charge in [0, 0.05) is 12.1 Å². The van der Waals surface area contributed by atoms with E-state index in [9.17, 15) is 15.1 Å². The van der Waals surface area contributed by atoms with E-state index in [4.69, 9.17) is 5.21 Å². The smallest absolute Gasteiger partial charge is 0.311 e. The predicted octanol–water partition coefficient (Wildman–Crippen LogP) is 1.50. The highest BCUT2D eigenvalue weighted by Crippen LogP contribution is 2.21. The van der Waals surface area contributed by atoms with Gasteiger partial charge in [0.05, 0.1) is 5.92 Å². The summed E-state index contributed by atoms with van der Waals surface area (Å²) in [7, 11) is 0. The zero-order valence-electron chi connectivity index (χ0n) is 10.7. The molecule has 0 radical (unpaired) electrons. The molecule has 0 bridgehead atoms. The second-order valence-electron chi connectivity index (χ2n) is 4.51. The molecule has 0 spiro atoms. The molecule has 1 unspecified atom stereocenters. The molecule has 2 aromatic rings. The maximum atomic E-state index is 11.4. The first-order valence-electron chi connectivity index (χ1n) is 6.18. The van der Waals surface area contributed by atoms with E-state index in [1.807, 2.05) is 6.07 Å². The van der Waals surface area contributed by atoms with Crippen LogP contribution in [0.3, 0.4) is 0 Å². The summed E-state index contributed by atoms with van der Waals surface area (Å²) >= 11 is 0. The summed E-state index contributed by atoms with van der Waals surface area (Å²) in [5.74, 6) is -1.52. The quantitative estimate of drug-likeness (QED) is 0.721. The number of aliphatic carboxylic acids is 1. The van der Waals surface area contributed by atoms with Crippen molar-refractivity contribution in [2.75, 3.05) is 0 Å². The van der Waals surface area contributed by atoms with Crippen LogP contribution in [-0.4, -0.2) is 16.3 Å². The first kappa shape index (κ1) is 14.2. The Morgan fingerprint density at radius 1 is 1.10 bits per heavy atom. The summed E-state index contributed by atoms with van der Waals surface area (Å²) in [6, 6.07) is 15.3. The first-order valence-corrected chi connectivity index (χ1v) is 6.18. The lowest BCUT2D eigenvalue weighted by atomic mass is 9.92. The van der Waals surface area contributed by atoms with Crippen LogP contribution in [0, 0.1) is 5.21 Å². The van der Waals surface area contributed by atoms with E-state index in [-0.39, 0.29) is 5.69 Å². The van der Waals surface area contributed by atoms with Crippen LogP contribution in [0.25, 0.3) is 0 Å². The van der Waals surface area contributed by atoms with E-state index in [1.165, 1.54) is 12.1 Å². The van der Waals surface area contributed by atoms with Crippen molar-refractivity contribution in [3.8, 4) is 0 Å². The minimum atomic E-state index is -0.991. The number of quaternary nitrogens is 1. The zero-order chi connectivity index (χ0) is 14.5. The Morgan fingerprint density at radius 2 is 1.70 bits per heavy atom. The molecule has 0 fully saturated rings. The highest BCUT2D eigenvalue weighted by Gasteiger charge is 2.20. The molecule has 20 heavy (non-hydrogen) atoms. The number of carboxylic acids is 1. The highest BCUT2D eigenvalue weighted by atomic mass is 16.8. The van der Waals surface area contributed by atoms with E-state index in [1.54, 1.807) is 36.4 Å². The summed E-state index contributed by atoms with van der Waals surface area (Å²) in [5.41, 5.74) is 1.73. The van der Waals surface area contributed by atoms with Crippen LogP contribution >= 0.6 is 0 Å². The van der Waals surface area contributed by atoms with Crippen LogP contribution in [0.5, 0.6) is 0 Å². The third-order valence-corrected chi connectivity index (χ3v) is 3.14. The van der Waals surface area contributed by atoms with Gasteiger partial charge in [-0.3, -0.25) is 4.79 Å². The second-order valence-corrected chi connectivity index (χ2v) is 4.51. The topological polar surface area (TPSA) is 85.0 Å². The molecule has 5 nitrogen and oxygen atoms in total. The molecule has 0 saturated heterocycles. The monoisotopic (exact) mass is 273 g/mol. The maximum absolute atomic E-state index is 11.4. The predicted molar refractivity (Wildman–Crippen MR) is 72.7 cm³/mol. The fourth-order valence-electron chi connectivity index (χ4n) is 2.05. The highest BCUT2D eigenvalue weighted by molar-refractivity contribution is 5.76. The Kier molecular flexibility index (Phi) is 4.47. The second kappa shape index (κ2) is 6.29. The van der Waals surface area contributed by atoms with Gasteiger partial charge in [-0.2, -0.15) is 5.23 Å². The molecule has 104 valence electrons. The van der Waals surface area contributed by atoms with Crippen LogP contribution < -0.4 is 5.23 Å². The van der Waals surface area contributed by atoms with Crippen molar-refractivity contribution in [3.05, 3.63) is 70.9 Å². The molecule has 0 saturated carbocycles. The molecular weight excluding hydrogens is 258 g/mol. The Bertz CT molecular complexity index is 566. The number of carbonyl (C=O) groups is 1. The third kappa shape index (κ3) is 3.42. The van der Waals surface area contributed by atoms with Crippen molar-refractivity contribution in [2.24, 2.45) is 0 Å². The van der Waals surface area contributed by atoms with E-state index < -0.39 is 17.1 Å². The van der Waals surface area contributed by atoms with Crippen LogP contribution in [0.15, 0.2) is 54.6 Å². The van der Waals surface area contributed by atoms with Gasteiger partial charge in [-0.15, -0.1) is 0 Å².